The second-order valence-electron chi connectivity index (χ2n) is 4.98. The molecular weight excluding hydrogens is 268 g/mol. The zero-order valence-corrected chi connectivity index (χ0v) is 12.7. The fourth-order valence-electron chi connectivity index (χ4n) is 2.08. The normalized spacial score (nSPS) is 20.8. The summed E-state index contributed by atoms with van der Waals surface area (Å²) in [6, 6.07) is 7.39. The highest BCUT2D eigenvalue weighted by Crippen LogP contribution is 2.13. The first kappa shape index (κ1) is 14.9. The minimum Gasteiger partial charge on any atom is -0.481 e. The third kappa shape index (κ3) is 3.53. The van der Waals surface area contributed by atoms with E-state index in [4.69, 9.17) is 4.74 Å². The predicted octanol–water partition coefficient (Wildman–Crippen LogP) is 1.11. The number of benzene rings is 1. The summed E-state index contributed by atoms with van der Waals surface area (Å²) in [5.41, 5.74) is 1.62. The van der Waals surface area contributed by atoms with Crippen LogP contribution in [0, 0.1) is 6.92 Å². The van der Waals surface area contributed by atoms with Gasteiger partial charge in [-0.05, 0) is 26.0 Å². The standard InChI is InChI=1S/C15H20N4O2/c1-10-6-5-7-11(8-10)14(20)19-15(2)17-12(16-3)9-13(18-15)21-4/h5-9,16-17H,1-4H3,(H,19,20). The highest BCUT2D eigenvalue weighted by atomic mass is 16.5. The fraction of sp³-hybridized carbons (Fsp3) is 0.333. The molecule has 6 nitrogen and oxygen atoms in total. The van der Waals surface area contributed by atoms with Crippen LogP contribution in [0.2, 0.25) is 0 Å². The minimum absolute atomic E-state index is 0.203. The van der Waals surface area contributed by atoms with E-state index in [1.54, 1.807) is 26.1 Å². The van der Waals surface area contributed by atoms with Gasteiger partial charge >= 0.3 is 0 Å². The van der Waals surface area contributed by atoms with E-state index in [9.17, 15) is 4.79 Å². The topological polar surface area (TPSA) is 74.8 Å². The number of aryl methyl sites for hydroxylation is 1. The first-order valence-electron chi connectivity index (χ1n) is 6.66. The van der Waals surface area contributed by atoms with Gasteiger partial charge in [0.1, 0.15) is 5.82 Å². The van der Waals surface area contributed by atoms with Crippen molar-refractivity contribution in [2.75, 3.05) is 14.2 Å². The van der Waals surface area contributed by atoms with Gasteiger partial charge in [-0.3, -0.25) is 4.79 Å². The molecule has 1 amide bonds. The van der Waals surface area contributed by atoms with Crippen LogP contribution in [-0.4, -0.2) is 31.7 Å². The molecule has 0 spiro atoms. The maximum absolute atomic E-state index is 12.4. The zero-order chi connectivity index (χ0) is 15.5. The van der Waals surface area contributed by atoms with Gasteiger partial charge in [-0.2, -0.15) is 0 Å². The number of nitrogens with zero attached hydrogens (tertiary/aromatic N) is 1. The van der Waals surface area contributed by atoms with Crippen LogP contribution in [0.4, 0.5) is 0 Å². The summed E-state index contributed by atoms with van der Waals surface area (Å²) in [5.74, 6) is -0.0245. The molecule has 0 aromatic heterocycles. The Morgan fingerprint density at radius 3 is 2.81 bits per heavy atom. The van der Waals surface area contributed by atoms with Crippen LogP contribution < -0.4 is 16.0 Å². The van der Waals surface area contributed by atoms with Crippen molar-refractivity contribution in [3.63, 3.8) is 0 Å². The van der Waals surface area contributed by atoms with E-state index >= 15 is 0 Å². The molecule has 6 heteroatoms. The molecule has 0 saturated carbocycles. The van der Waals surface area contributed by atoms with E-state index < -0.39 is 5.79 Å². The number of ether oxygens (including phenoxy) is 1. The first-order chi connectivity index (χ1) is 9.95. The molecule has 2 rings (SSSR count). The lowest BCUT2D eigenvalue weighted by Gasteiger charge is -2.33. The van der Waals surface area contributed by atoms with Crippen LogP contribution in [0.1, 0.15) is 22.8 Å². The lowest BCUT2D eigenvalue weighted by Crippen LogP contribution is -2.58. The van der Waals surface area contributed by atoms with Gasteiger partial charge in [0.2, 0.25) is 11.7 Å². The van der Waals surface area contributed by atoms with Crippen molar-refractivity contribution < 1.29 is 9.53 Å². The number of methoxy groups -OCH3 is 1. The number of hydrogen-bond donors (Lipinski definition) is 3. The Bertz CT molecular complexity index is 609. The molecule has 0 fully saturated rings. The molecule has 3 N–H and O–H groups in total. The molecule has 1 atom stereocenters. The number of nitrogens with one attached hydrogen (secondary N) is 3. The van der Waals surface area contributed by atoms with E-state index in [-0.39, 0.29) is 5.91 Å². The Morgan fingerprint density at radius 1 is 1.43 bits per heavy atom. The Morgan fingerprint density at radius 2 is 2.19 bits per heavy atom. The average molecular weight is 288 g/mol. The number of carbonyl (C=O) groups excluding carboxylic acids is 1. The molecule has 0 aliphatic carbocycles. The molecule has 0 bridgehead atoms. The lowest BCUT2D eigenvalue weighted by atomic mass is 10.1. The van der Waals surface area contributed by atoms with Crippen LogP contribution in [-0.2, 0) is 4.74 Å². The van der Waals surface area contributed by atoms with E-state index in [1.165, 1.54) is 7.11 Å². The zero-order valence-electron chi connectivity index (χ0n) is 12.7. The maximum atomic E-state index is 12.4. The molecule has 0 radical (unpaired) electrons. The van der Waals surface area contributed by atoms with Crippen LogP contribution in [0.3, 0.4) is 0 Å². The first-order valence-corrected chi connectivity index (χ1v) is 6.66. The quantitative estimate of drug-likeness (QED) is 0.779. The third-order valence-corrected chi connectivity index (χ3v) is 3.10. The third-order valence-electron chi connectivity index (χ3n) is 3.10. The molecule has 0 saturated heterocycles. The minimum atomic E-state index is -0.973. The van der Waals surface area contributed by atoms with Gasteiger partial charge in [0.15, 0.2) is 0 Å². The number of amides is 1. The summed E-state index contributed by atoms with van der Waals surface area (Å²) in [6.45, 7) is 3.71. The Hall–Kier alpha value is -2.50. The summed E-state index contributed by atoms with van der Waals surface area (Å²) in [6.07, 6.45) is 1.72. The molecular formula is C15H20N4O2. The maximum Gasteiger partial charge on any atom is 0.254 e. The summed E-state index contributed by atoms with van der Waals surface area (Å²) >= 11 is 0. The van der Waals surface area contributed by atoms with Crippen molar-refractivity contribution in [2.45, 2.75) is 19.6 Å². The summed E-state index contributed by atoms with van der Waals surface area (Å²) < 4.78 is 5.17. The average Bonchev–Trinajstić information content (AvgIpc) is 2.46. The Balaban J connectivity index is 2.20. The van der Waals surface area contributed by atoms with Gasteiger partial charge < -0.3 is 20.7 Å². The second-order valence-corrected chi connectivity index (χ2v) is 4.98. The van der Waals surface area contributed by atoms with E-state index in [0.29, 0.717) is 17.3 Å². The van der Waals surface area contributed by atoms with Gasteiger partial charge in [-0.15, -0.1) is 0 Å². The molecule has 112 valence electrons. The van der Waals surface area contributed by atoms with E-state index in [2.05, 4.69) is 20.9 Å². The van der Waals surface area contributed by atoms with E-state index in [1.807, 2.05) is 25.1 Å². The van der Waals surface area contributed by atoms with Crippen molar-refractivity contribution >= 4 is 11.8 Å². The molecule has 1 heterocycles. The largest absolute Gasteiger partial charge is 0.481 e. The summed E-state index contributed by atoms with van der Waals surface area (Å²) in [5, 5.41) is 8.96. The molecule has 21 heavy (non-hydrogen) atoms. The Labute approximate surface area is 124 Å². The van der Waals surface area contributed by atoms with Gasteiger partial charge in [-0.25, -0.2) is 4.99 Å². The van der Waals surface area contributed by atoms with Gasteiger partial charge in [0.05, 0.1) is 7.11 Å². The van der Waals surface area contributed by atoms with Crippen molar-refractivity contribution in [2.24, 2.45) is 4.99 Å². The van der Waals surface area contributed by atoms with Crippen molar-refractivity contribution in [1.82, 2.24) is 16.0 Å². The van der Waals surface area contributed by atoms with Crippen LogP contribution in [0.15, 0.2) is 41.2 Å². The summed E-state index contributed by atoms with van der Waals surface area (Å²) in [7, 11) is 3.32. The molecule has 1 aliphatic rings. The predicted molar refractivity (Wildman–Crippen MR) is 81.8 cm³/mol. The highest BCUT2D eigenvalue weighted by molar-refractivity contribution is 5.95. The molecule has 1 aromatic carbocycles. The number of aliphatic imine (C=N–C) groups is 1. The molecule has 1 aromatic rings. The smallest absolute Gasteiger partial charge is 0.254 e. The van der Waals surface area contributed by atoms with Gasteiger partial charge in [-0.1, -0.05) is 17.7 Å². The second kappa shape index (κ2) is 5.87. The van der Waals surface area contributed by atoms with E-state index in [0.717, 1.165) is 5.56 Å². The highest BCUT2D eigenvalue weighted by Gasteiger charge is 2.30. The van der Waals surface area contributed by atoms with Gasteiger partial charge in [0, 0.05) is 18.7 Å². The van der Waals surface area contributed by atoms with Crippen LogP contribution in [0.5, 0.6) is 0 Å². The fourth-order valence-corrected chi connectivity index (χ4v) is 2.08. The number of rotatable bonds is 3. The van der Waals surface area contributed by atoms with Crippen molar-refractivity contribution in [3.05, 3.63) is 47.3 Å². The lowest BCUT2D eigenvalue weighted by molar-refractivity contribution is 0.0894. The number of hydrogen-bond acceptors (Lipinski definition) is 5. The number of carbonyl (C=O) groups is 1. The monoisotopic (exact) mass is 288 g/mol. The SMILES string of the molecule is CNC1=CC(OC)=NC(C)(NC(=O)c2cccc(C)c2)N1. The van der Waals surface area contributed by atoms with Crippen LogP contribution in [0.25, 0.3) is 0 Å². The van der Waals surface area contributed by atoms with Crippen molar-refractivity contribution in [3.8, 4) is 0 Å². The Kier molecular flexibility index (Phi) is 4.16. The summed E-state index contributed by atoms with van der Waals surface area (Å²) in [4.78, 5) is 16.7. The molecule has 1 unspecified atom stereocenters. The van der Waals surface area contributed by atoms with Crippen molar-refractivity contribution in [1.29, 1.82) is 0 Å². The van der Waals surface area contributed by atoms with Crippen LogP contribution >= 0.6 is 0 Å². The van der Waals surface area contributed by atoms with Gasteiger partial charge in [0.25, 0.3) is 5.91 Å². The molecule has 1 aliphatic heterocycles.